The summed E-state index contributed by atoms with van der Waals surface area (Å²) < 4.78 is 34.3. The molecule has 0 unspecified atom stereocenters. The Morgan fingerprint density at radius 2 is 1.72 bits per heavy atom. The molecule has 1 aliphatic rings. The van der Waals surface area contributed by atoms with E-state index in [1.165, 1.54) is 43.2 Å². The fraction of sp³-hybridized carbons (Fsp3) is 0.321. The largest absolute Gasteiger partial charge is 0.496 e. The zero-order chi connectivity index (χ0) is 25.9. The molecule has 3 aromatic rings. The number of halogens is 1. The SMILES string of the molecule is COc1ccc(S(=O)(=O)N(CC(=O)N[C@H](C)c2ccc3c(c2)CCCC3)c2ccc(C)cc2)cc1Br. The summed E-state index contributed by atoms with van der Waals surface area (Å²) in [4.78, 5) is 13.2. The van der Waals surface area contributed by atoms with E-state index in [2.05, 4.69) is 39.4 Å². The predicted molar refractivity (Wildman–Crippen MR) is 146 cm³/mol. The Morgan fingerprint density at radius 3 is 2.39 bits per heavy atom. The topological polar surface area (TPSA) is 75.7 Å². The molecule has 190 valence electrons. The van der Waals surface area contributed by atoms with E-state index < -0.39 is 10.0 Å². The molecule has 0 aliphatic heterocycles. The third-order valence-electron chi connectivity index (χ3n) is 6.57. The Kier molecular flexibility index (Phi) is 8.05. The molecule has 0 heterocycles. The maximum atomic E-state index is 13.7. The Labute approximate surface area is 221 Å². The Balaban J connectivity index is 1.59. The maximum Gasteiger partial charge on any atom is 0.264 e. The molecule has 1 N–H and O–H groups in total. The normalized spacial score (nSPS) is 14.0. The highest BCUT2D eigenvalue weighted by atomic mass is 79.9. The second kappa shape index (κ2) is 11.0. The van der Waals surface area contributed by atoms with Crippen LogP contribution in [0.1, 0.15) is 48.1 Å². The second-order valence-corrected chi connectivity index (χ2v) is 11.9. The number of carbonyl (C=O) groups is 1. The number of ether oxygens (including phenoxy) is 1. The molecule has 0 saturated heterocycles. The van der Waals surface area contributed by atoms with E-state index in [1.54, 1.807) is 18.2 Å². The van der Waals surface area contributed by atoms with Crippen molar-refractivity contribution in [1.82, 2.24) is 5.32 Å². The quantitative estimate of drug-likeness (QED) is 0.376. The minimum absolute atomic E-state index is 0.0614. The van der Waals surface area contributed by atoms with Crippen LogP contribution in [-0.2, 0) is 27.7 Å². The third-order valence-corrected chi connectivity index (χ3v) is 8.96. The van der Waals surface area contributed by atoms with Crippen LogP contribution in [0.4, 0.5) is 5.69 Å². The van der Waals surface area contributed by atoms with Crippen molar-refractivity contribution in [2.45, 2.75) is 50.5 Å². The summed E-state index contributed by atoms with van der Waals surface area (Å²) in [6.07, 6.45) is 4.55. The van der Waals surface area contributed by atoms with Gasteiger partial charge in [-0.3, -0.25) is 9.10 Å². The lowest BCUT2D eigenvalue weighted by molar-refractivity contribution is -0.120. The maximum absolute atomic E-state index is 13.7. The standard InChI is InChI=1S/C28H31BrN2O4S/c1-19-8-12-24(13-9-19)31(36(33,34)25-14-15-27(35-3)26(29)17-25)18-28(32)30-20(2)22-11-10-21-6-4-5-7-23(21)16-22/h8-17,20H,4-7,18H2,1-3H3,(H,30,32)/t20-/m1/s1. The van der Waals surface area contributed by atoms with Crippen molar-refractivity contribution in [3.8, 4) is 5.75 Å². The number of nitrogens with zero attached hydrogens (tertiary/aromatic N) is 1. The highest BCUT2D eigenvalue weighted by Crippen LogP contribution is 2.31. The van der Waals surface area contributed by atoms with Crippen molar-refractivity contribution in [3.63, 3.8) is 0 Å². The highest BCUT2D eigenvalue weighted by molar-refractivity contribution is 9.10. The summed E-state index contributed by atoms with van der Waals surface area (Å²) in [7, 11) is -2.52. The molecular formula is C28H31BrN2O4S. The molecule has 6 nitrogen and oxygen atoms in total. The molecule has 0 radical (unpaired) electrons. The molecule has 0 bridgehead atoms. The fourth-order valence-electron chi connectivity index (χ4n) is 4.48. The predicted octanol–water partition coefficient (Wildman–Crippen LogP) is 5.72. The first-order valence-corrected chi connectivity index (χ1v) is 14.3. The van der Waals surface area contributed by atoms with E-state index >= 15 is 0 Å². The number of hydrogen-bond donors (Lipinski definition) is 1. The minimum Gasteiger partial charge on any atom is -0.496 e. The van der Waals surface area contributed by atoms with Crippen LogP contribution in [-0.4, -0.2) is 28.0 Å². The van der Waals surface area contributed by atoms with Gasteiger partial charge in [0.15, 0.2) is 0 Å². The first-order valence-electron chi connectivity index (χ1n) is 12.0. The molecule has 1 amide bonds. The van der Waals surface area contributed by atoms with Gasteiger partial charge in [-0.1, -0.05) is 35.9 Å². The molecular weight excluding hydrogens is 540 g/mol. The first-order chi connectivity index (χ1) is 17.2. The van der Waals surface area contributed by atoms with Gasteiger partial charge in [0.25, 0.3) is 10.0 Å². The number of hydrogen-bond acceptors (Lipinski definition) is 4. The Bertz CT molecular complexity index is 1360. The van der Waals surface area contributed by atoms with Gasteiger partial charge in [0.2, 0.25) is 5.91 Å². The van der Waals surface area contributed by atoms with Crippen molar-refractivity contribution < 1.29 is 17.9 Å². The number of rotatable bonds is 8. The van der Waals surface area contributed by atoms with Gasteiger partial charge in [0.1, 0.15) is 12.3 Å². The molecule has 0 aromatic heterocycles. The molecule has 4 rings (SSSR count). The molecule has 0 saturated carbocycles. The van der Waals surface area contributed by atoms with Gasteiger partial charge >= 0.3 is 0 Å². The van der Waals surface area contributed by atoms with Crippen LogP contribution in [0.3, 0.4) is 0 Å². The van der Waals surface area contributed by atoms with Crippen LogP contribution in [0.15, 0.2) is 70.0 Å². The number of benzene rings is 3. The van der Waals surface area contributed by atoms with Gasteiger partial charge in [0, 0.05) is 0 Å². The molecule has 1 atom stereocenters. The third kappa shape index (κ3) is 5.76. The summed E-state index contributed by atoms with van der Waals surface area (Å²) >= 11 is 3.36. The van der Waals surface area contributed by atoms with E-state index in [-0.39, 0.29) is 23.4 Å². The Morgan fingerprint density at radius 1 is 1.03 bits per heavy atom. The number of fused-ring (bicyclic) bond motifs is 1. The number of amides is 1. The summed E-state index contributed by atoms with van der Waals surface area (Å²) in [5, 5.41) is 2.99. The molecule has 8 heteroatoms. The highest BCUT2D eigenvalue weighted by Gasteiger charge is 2.28. The lowest BCUT2D eigenvalue weighted by atomic mass is 9.89. The summed E-state index contributed by atoms with van der Waals surface area (Å²) in [5.74, 6) is 0.143. The summed E-state index contributed by atoms with van der Waals surface area (Å²) in [6.45, 7) is 3.51. The van der Waals surface area contributed by atoms with Crippen molar-refractivity contribution in [2.75, 3.05) is 18.0 Å². The number of sulfonamides is 1. The van der Waals surface area contributed by atoms with Crippen LogP contribution in [0.25, 0.3) is 0 Å². The molecule has 0 spiro atoms. The minimum atomic E-state index is -4.04. The van der Waals surface area contributed by atoms with Gasteiger partial charge in [-0.2, -0.15) is 0 Å². The van der Waals surface area contributed by atoms with E-state index in [4.69, 9.17) is 4.74 Å². The van der Waals surface area contributed by atoms with E-state index in [0.717, 1.165) is 28.3 Å². The van der Waals surface area contributed by atoms with E-state index in [1.807, 2.05) is 26.0 Å². The number of aryl methyl sites for hydroxylation is 3. The zero-order valence-corrected chi connectivity index (χ0v) is 23.2. The van der Waals surface area contributed by atoms with Crippen LogP contribution in [0.5, 0.6) is 5.75 Å². The molecule has 0 fully saturated rings. The molecule has 36 heavy (non-hydrogen) atoms. The Hall–Kier alpha value is -2.84. The molecule has 3 aromatic carbocycles. The monoisotopic (exact) mass is 570 g/mol. The molecule has 1 aliphatic carbocycles. The van der Waals surface area contributed by atoms with Crippen molar-refractivity contribution in [3.05, 3.63) is 87.4 Å². The fourth-order valence-corrected chi connectivity index (χ4v) is 6.62. The lowest BCUT2D eigenvalue weighted by Gasteiger charge is -2.26. The van der Waals surface area contributed by atoms with Gasteiger partial charge < -0.3 is 10.1 Å². The summed E-state index contributed by atoms with van der Waals surface area (Å²) in [6, 6.07) is 17.8. The smallest absolute Gasteiger partial charge is 0.264 e. The van der Waals surface area contributed by atoms with Crippen molar-refractivity contribution >= 4 is 37.5 Å². The van der Waals surface area contributed by atoms with Crippen LogP contribution in [0, 0.1) is 6.92 Å². The average molecular weight is 572 g/mol. The van der Waals surface area contributed by atoms with E-state index in [9.17, 15) is 13.2 Å². The van der Waals surface area contributed by atoms with Crippen LogP contribution < -0.4 is 14.4 Å². The second-order valence-electron chi connectivity index (χ2n) is 9.17. The van der Waals surface area contributed by atoms with Gasteiger partial charge in [-0.05, 0) is 102 Å². The van der Waals surface area contributed by atoms with Gasteiger partial charge in [-0.15, -0.1) is 0 Å². The van der Waals surface area contributed by atoms with Crippen molar-refractivity contribution in [1.29, 1.82) is 0 Å². The van der Waals surface area contributed by atoms with Crippen molar-refractivity contribution in [2.24, 2.45) is 0 Å². The number of nitrogens with one attached hydrogen (secondary N) is 1. The van der Waals surface area contributed by atoms with E-state index in [0.29, 0.717) is 15.9 Å². The van der Waals surface area contributed by atoms with Crippen LogP contribution in [0.2, 0.25) is 0 Å². The average Bonchev–Trinajstić information content (AvgIpc) is 2.87. The zero-order valence-electron chi connectivity index (χ0n) is 20.8. The summed E-state index contributed by atoms with van der Waals surface area (Å²) in [5.41, 5.74) is 5.16. The lowest BCUT2D eigenvalue weighted by Crippen LogP contribution is -2.41. The number of anilines is 1. The number of methoxy groups -OCH3 is 1. The number of carbonyl (C=O) groups excluding carboxylic acids is 1. The van der Waals surface area contributed by atoms with Gasteiger partial charge in [-0.25, -0.2) is 8.42 Å². The first kappa shape index (κ1) is 26.2. The van der Waals surface area contributed by atoms with Gasteiger partial charge in [0.05, 0.1) is 28.2 Å². The van der Waals surface area contributed by atoms with Crippen LogP contribution >= 0.6 is 15.9 Å².